The van der Waals surface area contributed by atoms with Crippen LogP contribution in [0.15, 0.2) is 0 Å². The summed E-state index contributed by atoms with van der Waals surface area (Å²) in [7, 11) is 0. The summed E-state index contributed by atoms with van der Waals surface area (Å²) in [6, 6.07) is 3.34. The van der Waals surface area contributed by atoms with E-state index in [-0.39, 0.29) is 6.10 Å². The minimum Gasteiger partial charge on any atom is -0.393 e. The molecule has 2 rings (SSSR count). The number of hydrogen-bond acceptors (Lipinski definition) is 4. The minimum atomic E-state index is -0.229. The molecule has 0 aromatic carbocycles. The van der Waals surface area contributed by atoms with Gasteiger partial charge >= 0.3 is 0 Å². The number of likely N-dealkylation sites (tertiary alicyclic amines) is 1. The van der Waals surface area contributed by atoms with E-state index in [9.17, 15) is 5.11 Å². The maximum absolute atomic E-state index is 10.2. The molecule has 20 heavy (non-hydrogen) atoms. The van der Waals surface area contributed by atoms with Gasteiger partial charge in [0.1, 0.15) is 0 Å². The Balaban J connectivity index is 1.90. The second kappa shape index (κ2) is 7.97. The molecular weight excluding hydrogens is 250 g/mol. The fourth-order valence-electron chi connectivity index (χ4n) is 3.80. The first-order valence-corrected chi connectivity index (χ1v) is 8.26. The number of nitriles is 1. The normalized spacial score (nSPS) is 30.9. The van der Waals surface area contributed by atoms with Crippen LogP contribution < -0.4 is 5.32 Å². The molecule has 1 heterocycles. The van der Waals surface area contributed by atoms with E-state index in [1.165, 1.54) is 32.1 Å². The van der Waals surface area contributed by atoms with Crippen molar-refractivity contribution in [1.82, 2.24) is 10.2 Å². The van der Waals surface area contributed by atoms with Crippen molar-refractivity contribution < 1.29 is 5.11 Å². The van der Waals surface area contributed by atoms with Crippen LogP contribution in [0.25, 0.3) is 0 Å². The van der Waals surface area contributed by atoms with E-state index in [4.69, 9.17) is 5.26 Å². The van der Waals surface area contributed by atoms with E-state index < -0.39 is 0 Å². The van der Waals surface area contributed by atoms with Crippen LogP contribution in [0.4, 0.5) is 0 Å². The Morgan fingerprint density at radius 2 is 2.00 bits per heavy atom. The van der Waals surface area contributed by atoms with E-state index in [1.54, 1.807) is 0 Å². The van der Waals surface area contributed by atoms with Crippen molar-refractivity contribution in [2.45, 2.75) is 70.1 Å². The Labute approximate surface area is 123 Å². The summed E-state index contributed by atoms with van der Waals surface area (Å²) in [5.74, 6) is 0.309. The number of rotatable bonds is 5. The summed E-state index contributed by atoms with van der Waals surface area (Å²) in [4.78, 5) is 2.20. The number of aliphatic hydroxyl groups excluding tert-OH is 1. The summed E-state index contributed by atoms with van der Waals surface area (Å²) >= 11 is 0. The second-order valence-electron chi connectivity index (χ2n) is 6.52. The largest absolute Gasteiger partial charge is 0.393 e. The molecular formula is C16H29N3O. The molecule has 2 aliphatic rings. The first-order chi connectivity index (χ1) is 9.72. The molecule has 4 heteroatoms. The number of nitrogens with one attached hydrogen (secondary N) is 1. The first kappa shape index (κ1) is 15.8. The van der Waals surface area contributed by atoms with Gasteiger partial charge in [-0.25, -0.2) is 0 Å². The molecule has 2 fully saturated rings. The highest BCUT2D eigenvalue weighted by Crippen LogP contribution is 2.24. The van der Waals surface area contributed by atoms with Crippen LogP contribution in [-0.4, -0.2) is 47.8 Å². The third-order valence-electron chi connectivity index (χ3n) is 4.89. The highest BCUT2D eigenvalue weighted by molar-refractivity contribution is 4.91. The van der Waals surface area contributed by atoms with Gasteiger partial charge in [-0.3, -0.25) is 4.90 Å². The maximum atomic E-state index is 10.2. The molecule has 0 aromatic heterocycles. The average Bonchev–Trinajstić information content (AvgIpc) is 2.47. The molecule has 1 aliphatic heterocycles. The van der Waals surface area contributed by atoms with Gasteiger partial charge in [-0.1, -0.05) is 26.2 Å². The molecule has 0 bridgehead atoms. The molecule has 1 saturated heterocycles. The molecule has 3 atom stereocenters. The zero-order chi connectivity index (χ0) is 14.4. The van der Waals surface area contributed by atoms with Crippen molar-refractivity contribution in [3.63, 3.8) is 0 Å². The Kier molecular flexibility index (Phi) is 6.28. The molecule has 2 N–H and O–H groups in total. The molecule has 4 nitrogen and oxygen atoms in total. The predicted molar refractivity (Wildman–Crippen MR) is 80.3 cm³/mol. The van der Waals surface area contributed by atoms with Gasteiger partial charge in [-0.15, -0.1) is 0 Å². The lowest BCUT2D eigenvalue weighted by Crippen LogP contribution is -2.54. The fraction of sp³-hybridized carbons (Fsp3) is 0.938. The number of piperidine rings is 1. The van der Waals surface area contributed by atoms with Crippen LogP contribution in [-0.2, 0) is 0 Å². The highest BCUT2D eigenvalue weighted by Gasteiger charge is 2.31. The monoisotopic (exact) mass is 279 g/mol. The summed E-state index contributed by atoms with van der Waals surface area (Å²) in [5, 5.41) is 22.9. The number of aliphatic hydroxyl groups is 1. The van der Waals surface area contributed by atoms with Gasteiger partial charge in [-0.05, 0) is 31.6 Å². The van der Waals surface area contributed by atoms with Crippen LogP contribution in [0.3, 0.4) is 0 Å². The van der Waals surface area contributed by atoms with Gasteiger partial charge < -0.3 is 10.4 Å². The van der Waals surface area contributed by atoms with Gasteiger partial charge in [0.2, 0.25) is 0 Å². The molecule has 3 unspecified atom stereocenters. The van der Waals surface area contributed by atoms with E-state index in [0.717, 1.165) is 25.9 Å². The van der Waals surface area contributed by atoms with Crippen LogP contribution >= 0.6 is 0 Å². The van der Waals surface area contributed by atoms with Crippen LogP contribution in [0.2, 0.25) is 0 Å². The Bertz CT molecular complexity index is 320. The molecule has 0 aromatic rings. The van der Waals surface area contributed by atoms with Gasteiger partial charge in [0.25, 0.3) is 0 Å². The molecule has 1 aliphatic carbocycles. The second-order valence-corrected chi connectivity index (χ2v) is 6.52. The molecule has 0 spiro atoms. The predicted octanol–water partition coefficient (Wildman–Crippen LogP) is 1.89. The lowest BCUT2D eigenvalue weighted by atomic mass is 9.87. The van der Waals surface area contributed by atoms with Crippen molar-refractivity contribution in [3.05, 3.63) is 0 Å². The topological polar surface area (TPSA) is 59.3 Å². The van der Waals surface area contributed by atoms with Gasteiger partial charge in [0.05, 0.1) is 18.7 Å². The summed E-state index contributed by atoms with van der Waals surface area (Å²) in [5.41, 5.74) is 0. The minimum absolute atomic E-state index is 0.229. The van der Waals surface area contributed by atoms with Gasteiger partial charge in [-0.2, -0.15) is 5.26 Å². The summed E-state index contributed by atoms with van der Waals surface area (Å²) < 4.78 is 0. The van der Waals surface area contributed by atoms with Gasteiger partial charge in [0, 0.05) is 25.2 Å². The van der Waals surface area contributed by atoms with E-state index in [2.05, 4.69) is 16.3 Å². The average molecular weight is 279 g/mol. The van der Waals surface area contributed by atoms with Crippen LogP contribution in [0.5, 0.6) is 0 Å². The molecule has 114 valence electrons. The number of nitrogens with zero attached hydrogens (tertiary/aromatic N) is 2. The smallest absolute Gasteiger partial charge is 0.0866 e. The lowest BCUT2D eigenvalue weighted by Gasteiger charge is -2.40. The van der Waals surface area contributed by atoms with Crippen molar-refractivity contribution in [1.29, 1.82) is 5.26 Å². The Morgan fingerprint density at radius 1 is 1.25 bits per heavy atom. The third-order valence-corrected chi connectivity index (χ3v) is 4.89. The standard InChI is InChI=1S/C16H29N3O/c1-2-16(20)13-10-15(12-19(11-13)9-8-17)18-14-6-4-3-5-7-14/h13-16,18,20H,2-7,9-12H2,1H3. The fourth-order valence-corrected chi connectivity index (χ4v) is 3.80. The first-order valence-electron chi connectivity index (χ1n) is 8.26. The van der Waals surface area contributed by atoms with Gasteiger partial charge in [0.15, 0.2) is 0 Å². The zero-order valence-electron chi connectivity index (χ0n) is 12.7. The number of hydrogen-bond donors (Lipinski definition) is 2. The third kappa shape index (κ3) is 4.44. The van der Waals surface area contributed by atoms with Crippen molar-refractivity contribution in [2.24, 2.45) is 5.92 Å². The van der Waals surface area contributed by atoms with E-state index >= 15 is 0 Å². The Morgan fingerprint density at radius 3 is 2.65 bits per heavy atom. The van der Waals surface area contributed by atoms with Crippen molar-refractivity contribution >= 4 is 0 Å². The Hall–Kier alpha value is -0.630. The van der Waals surface area contributed by atoms with E-state index in [0.29, 0.717) is 24.5 Å². The van der Waals surface area contributed by atoms with Crippen molar-refractivity contribution in [3.8, 4) is 6.07 Å². The summed E-state index contributed by atoms with van der Waals surface area (Å²) in [6.07, 6.45) is 8.26. The SMILES string of the molecule is CCC(O)C1CC(NC2CCCCC2)CN(CC#N)C1. The zero-order valence-corrected chi connectivity index (χ0v) is 12.7. The summed E-state index contributed by atoms with van der Waals surface area (Å²) in [6.45, 7) is 4.34. The maximum Gasteiger partial charge on any atom is 0.0866 e. The lowest BCUT2D eigenvalue weighted by molar-refractivity contribution is 0.0372. The molecule has 1 saturated carbocycles. The van der Waals surface area contributed by atoms with Crippen molar-refractivity contribution in [2.75, 3.05) is 19.6 Å². The highest BCUT2D eigenvalue weighted by atomic mass is 16.3. The van der Waals surface area contributed by atoms with Crippen LogP contribution in [0.1, 0.15) is 51.9 Å². The molecule has 0 radical (unpaired) electrons. The van der Waals surface area contributed by atoms with Crippen LogP contribution in [0, 0.1) is 17.2 Å². The molecule has 0 amide bonds. The quantitative estimate of drug-likeness (QED) is 0.755. The van der Waals surface area contributed by atoms with E-state index in [1.807, 2.05) is 6.92 Å².